The highest BCUT2D eigenvalue weighted by atomic mass is 79.9. The highest BCUT2D eigenvalue weighted by Crippen LogP contribution is 2.30. The Morgan fingerprint density at radius 3 is 2.90 bits per heavy atom. The van der Waals surface area contributed by atoms with Crippen LogP contribution < -0.4 is 10.9 Å². The molecule has 6 nitrogen and oxygen atoms in total. The van der Waals surface area contributed by atoms with Gasteiger partial charge in [0.05, 0.1) is 22.9 Å². The predicted molar refractivity (Wildman–Crippen MR) is 120 cm³/mol. The van der Waals surface area contributed by atoms with Crippen molar-refractivity contribution in [2.24, 2.45) is 0 Å². The number of nitrogens with one attached hydrogen (secondary N) is 1. The molecule has 0 saturated carbocycles. The molecule has 4 aromatic rings. The Bertz CT molecular complexity index is 1270. The molecule has 1 N–H and O–H groups in total. The first-order valence-electron chi connectivity index (χ1n) is 8.66. The Balaban J connectivity index is 1.44. The summed E-state index contributed by atoms with van der Waals surface area (Å²) < 4.78 is 2.24. The Hall–Kier alpha value is -2.55. The van der Waals surface area contributed by atoms with Crippen LogP contribution in [0.25, 0.3) is 22.2 Å². The highest BCUT2D eigenvalue weighted by molar-refractivity contribution is 9.10. The minimum absolute atomic E-state index is 0.127. The van der Waals surface area contributed by atoms with Crippen molar-refractivity contribution >= 4 is 60.8 Å². The first-order chi connectivity index (χ1) is 14.0. The third kappa shape index (κ3) is 4.39. The van der Waals surface area contributed by atoms with Gasteiger partial charge in [0.1, 0.15) is 0 Å². The number of thiazole rings is 1. The summed E-state index contributed by atoms with van der Waals surface area (Å²) in [6, 6.07) is 12.7. The van der Waals surface area contributed by atoms with Crippen LogP contribution in [0.15, 0.2) is 63.4 Å². The Labute approximate surface area is 183 Å². The largest absolute Gasteiger partial charge is 0.302 e. The van der Waals surface area contributed by atoms with Gasteiger partial charge in [0.15, 0.2) is 5.13 Å². The maximum absolute atomic E-state index is 12.6. The van der Waals surface area contributed by atoms with E-state index in [0.29, 0.717) is 26.8 Å². The topological polar surface area (TPSA) is 76.9 Å². The molecule has 0 aliphatic rings. The first-order valence-corrected chi connectivity index (χ1v) is 10.7. The van der Waals surface area contributed by atoms with Crippen LogP contribution in [0.2, 0.25) is 5.02 Å². The highest BCUT2D eigenvalue weighted by Gasteiger charge is 2.11. The molecule has 0 bridgehead atoms. The number of aromatic nitrogens is 3. The number of aryl methyl sites for hydroxylation is 1. The van der Waals surface area contributed by atoms with Gasteiger partial charge in [-0.2, -0.15) is 0 Å². The number of halogens is 2. The number of hydrogen-bond acceptors (Lipinski definition) is 5. The molecule has 146 valence electrons. The van der Waals surface area contributed by atoms with Gasteiger partial charge in [-0.1, -0.05) is 45.7 Å². The smallest absolute Gasteiger partial charge is 0.261 e. The fraction of sp³-hybridized carbons (Fsp3) is 0.100. The van der Waals surface area contributed by atoms with E-state index in [0.717, 1.165) is 10.0 Å². The maximum atomic E-state index is 12.6. The van der Waals surface area contributed by atoms with E-state index in [-0.39, 0.29) is 24.4 Å². The van der Waals surface area contributed by atoms with Crippen LogP contribution in [-0.4, -0.2) is 20.4 Å². The SMILES string of the molecule is O=C(CCn1cnc2ccc(Br)cc2c1=O)Nc1nc(-c2ccccc2Cl)cs1. The van der Waals surface area contributed by atoms with Crippen LogP contribution >= 0.6 is 38.9 Å². The number of benzene rings is 2. The zero-order valence-electron chi connectivity index (χ0n) is 14.9. The van der Waals surface area contributed by atoms with E-state index >= 15 is 0 Å². The van der Waals surface area contributed by atoms with E-state index in [4.69, 9.17) is 11.6 Å². The molecule has 2 aromatic carbocycles. The lowest BCUT2D eigenvalue weighted by Gasteiger charge is -2.07. The molecule has 0 aliphatic heterocycles. The standard InChI is InChI=1S/C20H14BrClN4O2S/c21-12-5-6-16-14(9-12)19(28)26(11-23-16)8-7-18(27)25-20-24-17(10-29-20)13-3-1-2-4-15(13)22/h1-6,9-11H,7-8H2,(H,24,25,27). The number of hydrogen-bond donors (Lipinski definition) is 1. The van der Waals surface area contributed by atoms with Gasteiger partial charge < -0.3 is 5.32 Å². The molecule has 4 rings (SSSR count). The predicted octanol–water partition coefficient (Wildman–Crippen LogP) is 4.96. The summed E-state index contributed by atoms with van der Waals surface area (Å²) in [6.45, 7) is 0.225. The van der Waals surface area contributed by atoms with Crippen molar-refractivity contribution in [3.63, 3.8) is 0 Å². The van der Waals surface area contributed by atoms with Crippen LogP contribution in [-0.2, 0) is 11.3 Å². The molecule has 0 fully saturated rings. The van der Waals surface area contributed by atoms with Crippen LogP contribution in [0.3, 0.4) is 0 Å². The molecule has 0 saturated heterocycles. The second-order valence-electron chi connectivity index (χ2n) is 6.22. The van der Waals surface area contributed by atoms with Crippen LogP contribution in [0.5, 0.6) is 0 Å². The first kappa shape index (κ1) is 19.8. The number of fused-ring (bicyclic) bond motifs is 1. The molecule has 0 radical (unpaired) electrons. The fourth-order valence-corrected chi connectivity index (χ4v) is 4.14. The van der Waals surface area contributed by atoms with Gasteiger partial charge >= 0.3 is 0 Å². The summed E-state index contributed by atoms with van der Waals surface area (Å²) in [5, 5.41) is 6.20. The molecule has 0 spiro atoms. The maximum Gasteiger partial charge on any atom is 0.261 e. The number of nitrogens with zero attached hydrogens (tertiary/aromatic N) is 3. The monoisotopic (exact) mass is 488 g/mol. The molecule has 1 amide bonds. The van der Waals surface area contributed by atoms with Gasteiger partial charge in [-0.25, -0.2) is 9.97 Å². The van der Waals surface area contributed by atoms with Crippen LogP contribution in [0.4, 0.5) is 5.13 Å². The molecule has 0 atom stereocenters. The summed E-state index contributed by atoms with van der Waals surface area (Å²) in [4.78, 5) is 33.6. The molecule has 2 heterocycles. The lowest BCUT2D eigenvalue weighted by atomic mass is 10.2. The summed E-state index contributed by atoms with van der Waals surface area (Å²) in [6.07, 6.45) is 1.59. The third-order valence-electron chi connectivity index (χ3n) is 4.27. The number of rotatable bonds is 5. The van der Waals surface area contributed by atoms with Gasteiger partial charge in [0.2, 0.25) is 5.91 Å². The van der Waals surface area contributed by atoms with Gasteiger partial charge in [0, 0.05) is 33.4 Å². The van der Waals surface area contributed by atoms with E-state index in [9.17, 15) is 9.59 Å². The second-order valence-corrected chi connectivity index (χ2v) is 8.40. The van der Waals surface area contributed by atoms with Crippen molar-refractivity contribution < 1.29 is 4.79 Å². The lowest BCUT2D eigenvalue weighted by Crippen LogP contribution is -2.23. The Morgan fingerprint density at radius 1 is 1.24 bits per heavy atom. The molecular weight excluding hydrogens is 476 g/mol. The van der Waals surface area contributed by atoms with E-state index in [1.54, 1.807) is 18.2 Å². The normalized spacial score (nSPS) is 11.0. The Morgan fingerprint density at radius 2 is 2.07 bits per heavy atom. The molecule has 2 aromatic heterocycles. The van der Waals surface area contributed by atoms with Crippen molar-refractivity contribution in [2.75, 3.05) is 5.32 Å². The number of carbonyl (C=O) groups excluding carboxylic acids is 1. The summed E-state index contributed by atoms with van der Waals surface area (Å²) in [7, 11) is 0. The van der Waals surface area contributed by atoms with E-state index in [2.05, 4.69) is 31.2 Å². The summed E-state index contributed by atoms with van der Waals surface area (Å²) in [5.74, 6) is -0.230. The van der Waals surface area contributed by atoms with Crippen molar-refractivity contribution in [2.45, 2.75) is 13.0 Å². The molecule has 0 unspecified atom stereocenters. The van der Waals surface area contributed by atoms with E-state index in [1.807, 2.05) is 29.6 Å². The van der Waals surface area contributed by atoms with Crippen molar-refractivity contribution in [1.29, 1.82) is 0 Å². The van der Waals surface area contributed by atoms with Gasteiger partial charge in [0.25, 0.3) is 5.56 Å². The van der Waals surface area contributed by atoms with Gasteiger partial charge in [-0.15, -0.1) is 11.3 Å². The Kier molecular flexibility index (Phi) is 5.75. The average Bonchev–Trinajstić information content (AvgIpc) is 3.16. The fourth-order valence-electron chi connectivity index (χ4n) is 2.82. The summed E-state index contributed by atoms with van der Waals surface area (Å²) >= 11 is 10.9. The summed E-state index contributed by atoms with van der Waals surface area (Å²) in [5.41, 5.74) is 1.95. The van der Waals surface area contributed by atoms with Crippen molar-refractivity contribution in [1.82, 2.24) is 14.5 Å². The van der Waals surface area contributed by atoms with Gasteiger partial charge in [-0.3, -0.25) is 14.2 Å². The van der Waals surface area contributed by atoms with E-state index in [1.165, 1.54) is 22.2 Å². The quantitative estimate of drug-likeness (QED) is 0.430. The third-order valence-corrected chi connectivity index (χ3v) is 5.85. The van der Waals surface area contributed by atoms with Crippen LogP contribution in [0.1, 0.15) is 6.42 Å². The minimum atomic E-state index is -0.230. The molecular formula is C20H14BrClN4O2S. The molecule has 29 heavy (non-hydrogen) atoms. The van der Waals surface area contributed by atoms with Gasteiger partial charge in [-0.05, 0) is 24.3 Å². The van der Waals surface area contributed by atoms with Crippen LogP contribution in [0, 0.1) is 0 Å². The lowest BCUT2D eigenvalue weighted by molar-refractivity contribution is -0.116. The number of carbonyl (C=O) groups is 1. The van der Waals surface area contributed by atoms with E-state index < -0.39 is 0 Å². The molecule has 0 aliphatic carbocycles. The zero-order chi connectivity index (χ0) is 20.4. The minimum Gasteiger partial charge on any atom is -0.302 e. The molecule has 9 heteroatoms. The van der Waals surface area contributed by atoms with Crippen molar-refractivity contribution in [3.05, 3.63) is 74.0 Å². The second kappa shape index (κ2) is 8.44. The zero-order valence-corrected chi connectivity index (χ0v) is 18.1. The van der Waals surface area contributed by atoms with Crippen molar-refractivity contribution in [3.8, 4) is 11.3 Å². The number of anilines is 1. The number of amides is 1. The average molecular weight is 490 g/mol.